The number of hydrogen-bond donors (Lipinski definition) is 2. The van der Waals surface area contributed by atoms with Gasteiger partial charge < -0.3 is 14.5 Å². The number of allylic oxidation sites excluding steroid dienone is 5. The Morgan fingerprint density at radius 1 is 1.09 bits per heavy atom. The van der Waals surface area contributed by atoms with E-state index in [0.29, 0.717) is 5.46 Å². The van der Waals surface area contributed by atoms with E-state index < -0.39 is 7.12 Å². The highest BCUT2D eigenvalue weighted by Crippen LogP contribution is 2.30. The Bertz CT molecular complexity index is 932. The topological polar surface area (TPSA) is 53.6 Å². The van der Waals surface area contributed by atoms with Crippen molar-refractivity contribution in [1.82, 2.24) is 0 Å². The molecule has 3 aromatic rings. The summed E-state index contributed by atoms with van der Waals surface area (Å²) in [5.41, 5.74) is 4.10. The standard InChI is InChI=1S/C19H17BO3/c1-3-5-6-13(4-2)14-7-9-18-16(11-14)17-12-15(20(21)22)8-10-19(17)23-18/h3-12,21-22H,1H2,2H3/b6-5-,13-4+. The van der Waals surface area contributed by atoms with Crippen LogP contribution in [-0.2, 0) is 0 Å². The van der Waals surface area contributed by atoms with E-state index in [1.807, 2.05) is 37.3 Å². The molecule has 3 nitrogen and oxygen atoms in total. The van der Waals surface area contributed by atoms with Crippen molar-refractivity contribution in [2.45, 2.75) is 6.92 Å². The maximum Gasteiger partial charge on any atom is 0.488 e. The first-order valence-electron chi connectivity index (χ1n) is 7.42. The summed E-state index contributed by atoms with van der Waals surface area (Å²) >= 11 is 0. The summed E-state index contributed by atoms with van der Waals surface area (Å²) in [6.07, 6.45) is 7.67. The van der Waals surface area contributed by atoms with Gasteiger partial charge in [-0.2, -0.15) is 0 Å². The molecule has 1 aromatic heterocycles. The zero-order valence-electron chi connectivity index (χ0n) is 12.9. The first-order valence-corrected chi connectivity index (χ1v) is 7.42. The van der Waals surface area contributed by atoms with Gasteiger partial charge in [-0.25, -0.2) is 0 Å². The first kappa shape index (κ1) is 15.3. The lowest BCUT2D eigenvalue weighted by atomic mass is 9.80. The fourth-order valence-electron chi connectivity index (χ4n) is 2.67. The molecule has 0 aliphatic heterocycles. The molecule has 0 fully saturated rings. The van der Waals surface area contributed by atoms with Gasteiger partial charge in [-0.3, -0.25) is 0 Å². The number of hydrogen-bond acceptors (Lipinski definition) is 3. The van der Waals surface area contributed by atoms with Crippen LogP contribution in [0.3, 0.4) is 0 Å². The van der Waals surface area contributed by atoms with Gasteiger partial charge in [0.05, 0.1) is 0 Å². The minimum Gasteiger partial charge on any atom is -0.456 e. The van der Waals surface area contributed by atoms with E-state index >= 15 is 0 Å². The molecule has 0 aliphatic carbocycles. The SMILES string of the molecule is C=C/C=C\C(=C/C)c1ccc2oc3ccc(B(O)O)cc3c2c1. The molecule has 23 heavy (non-hydrogen) atoms. The van der Waals surface area contributed by atoms with Gasteiger partial charge in [-0.05, 0) is 41.7 Å². The number of benzene rings is 2. The van der Waals surface area contributed by atoms with Crippen LogP contribution in [-0.4, -0.2) is 17.2 Å². The Hall–Kier alpha value is -2.56. The predicted molar refractivity (Wildman–Crippen MR) is 96.5 cm³/mol. The molecular formula is C19H17BO3. The normalized spacial score (nSPS) is 12.4. The van der Waals surface area contributed by atoms with Crippen LogP contribution in [0.4, 0.5) is 0 Å². The highest BCUT2D eigenvalue weighted by Gasteiger charge is 2.14. The second-order valence-electron chi connectivity index (χ2n) is 5.28. The minimum atomic E-state index is -1.49. The third-order valence-corrected chi connectivity index (χ3v) is 3.85. The van der Waals surface area contributed by atoms with Crippen LogP contribution in [0.5, 0.6) is 0 Å². The lowest BCUT2D eigenvalue weighted by Crippen LogP contribution is -2.29. The van der Waals surface area contributed by atoms with Gasteiger partial charge in [0.15, 0.2) is 0 Å². The molecule has 0 atom stereocenters. The van der Waals surface area contributed by atoms with Gasteiger partial charge in [-0.1, -0.05) is 49.1 Å². The van der Waals surface area contributed by atoms with Crippen molar-refractivity contribution < 1.29 is 14.5 Å². The molecule has 2 aromatic carbocycles. The van der Waals surface area contributed by atoms with E-state index in [1.54, 1.807) is 24.3 Å². The Kier molecular flexibility index (Phi) is 4.19. The van der Waals surface area contributed by atoms with Crippen molar-refractivity contribution in [1.29, 1.82) is 0 Å². The highest BCUT2D eigenvalue weighted by atomic mass is 16.4. The van der Waals surface area contributed by atoms with Crippen LogP contribution < -0.4 is 5.46 Å². The van der Waals surface area contributed by atoms with E-state index in [9.17, 15) is 10.0 Å². The molecule has 0 saturated heterocycles. The lowest BCUT2D eigenvalue weighted by molar-refractivity contribution is 0.426. The summed E-state index contributed by atoms with van der Waals surface area (Å²) in [4.78, 5) is 0. The number of fused-ring (bicyclic) bond motifs is 3. The van der Waals surface area contributed by atoms with E-state index in [0.717, 1.165) is 33.1 Å². The van der Waals surface area contributed by atoms with E-state index in [2.05, 4.69) is 12.6 Å². The molecular weight excluding hydrogens is 287 g/mol. The average Bonchev–Trinajstić information content (AvgIpc) is 2.92. The molecule has 114 valence electrons. The van der Waals surface area contributed by atoms with Crippen LogP contribution in [0.1, 0.15) is 12.5 Å². The largest absolute Gasteiger partial charge is 0.488 e. The van der Waals surface area contributed by atoms with Gasteiger partial charge in [0.1, 0.15) is 11.2 Å². The van der Waals surface area contributed by atoms with Crippen LogP contribution in [0, 0.1) is 0 Å². The molecule has 1 heterocycles. The van der Waals surface area contributed by atoms with Crippen molar-refractivity contribution >= 4 is 40.1 Å². The van der Waals surface area contributed by atoms with E-state index in [-0.39, 0.29) is 0 Å². The molecule has 2 N–H and O–H groups in total. The van der Waals surface area contributed by atoms with Crippen molar-refractivity contribution in [3.8, 4) is 0 Å². The van der Waals surface area contributed by atoms with Gasteiger partial charge in [0.25, 0.3) is 0 Å². The highest BCUT2D eigenvalue weighted by molar-refractivity contribution is 6.59. The first-order chi connectivity index (χ1) is 11.1. The molecule has 0 saturated carbocycles. The van der Waals surface area contributed by atoms with Gasteiger partial charge >= 0.3 is 7.12 Å². The maximum atomic E-state index is 9.37. The number of rotatable bonds is 4. The summed E-state index contributed by atoms with van der Waals surface area (Å²) in [6.45, 7) is 5.68. The van der Waals surface area contributed by atoms with E-state index in [1.165, 1.54) is 0 Å². The Balaban J connectivity index is 2.21. The van der Waals surface area contributed by atoms with Crippen molar-refractivity contribution in [2.24, 2.45) is 0 Å². The summed E-state index contributed by atoms with van der Waals surface area (Å²) < 4.78 is 5.82. The third-order valence-electron chi connectivity index (χ3n) is 3.85. The molecule has 0 radical (unpaired) electrons. The zero-order valence-corrected chi connectivity index (χ0v) is 12.9. The third kappa shape index (κ3) is 2.87. The fraction of sp³-hybridized carbons (Fsp3) is 0.0526. The van der Waals surface area contributed by atoms with Crippen molar-refractivity contribution in [3.63, 3.8) is 0 Å². The van der Waals surface area contributed by atoms with Crippen LogP contribution >= 0.6 is 0 Å². The molecule has 0 unspecified atom stereocenters. The molecule has 3 rings (SSSR count). The second kappa shape index (κ2) is 6.28. The van der Waals surface area contributed by atoms with Gasteiger partial charge in [0, 0.05) is 10.8 Å². The van der Waals surface area contributed by atoms with Crippen LogP contribution in [0.15, 0.2) is 71.7 Å². The van der Waals surface area contributed by atoms with Crippen molar-refractivity contribution in [3.05, 3.63) is 72.8 Å². The molecule has 4 heteroatoms. The van der Waals surface area contributed by atoms with Crippen molar-refractivity contribution in [2.75, 3.05) is 0 Å². The summed E-state index contributed by atoms with van der Waals surface area (Å²) in [7, 11) is -1.49. The Morgan fingerprint density at radius 2 is 1.78 bits per heavy atom. The quantitative estimate of drug-likeness (QED) is 0.573. The van der Waals surface area contributed by atoms with Gasteiger partial charge in [0.2, 0.25) is 0 Å². The zero-order chi connectivity index (χ0) is 16.4. The molecule has 0 amide bonds. The Morgan fingerprint density at radius 3 is 2.43 bits per heavy atom. The fourth-order valence-corrected chi connectivity index (χ4v) is 2.67. The Labute approximate surface area is 135 Å². The van der Waals surface area contributed by atoms with Crippen LogP contribution in [0.25, 0.3) is 27.5 Å². The molecule has 0 aliphatic rings. The maximum absolute atomic E-state index is 9.37. The lowest BCUT2D eigenvalue weighted by Gasteiger charge is -2.02. The smallest absolute Gasteiger partial charge is 0.456 e. The second-order valence-corrected chi connectivity index (χ2v) is 5.28. The summed E-state index contributed by atoms with van der Waals surface area (Å²) in [6, 6.07) is 11.2. The van der Waals surface area contributed by atoms with Gasteiger partial charge in [-0.15, -0.1) is 0 Å². The average molecular weight is 304 g/mol. The minimum absolute atomic E-state index is 0.448. The number of furan rings is 1. The monoisotopic (exact) mass is 304 g/mol. The predicted octanol–water partition coefficient (Wildman–Crippen LogP) is 3.41. The summed E-state index contributed by atoms with van der Waals surface area (Å²) in [5.74, 6) is 0. The molecule has 0 bridgehead atoms. The summed E-state index contributed by atoms with van der Waals surface area (Å²) in [5, 5.41) is 20.6. The van der Waals surface area contributed by atoms with Crippen LogP contribution in [0.2, 0.25) is 0 Å². The molecule has 0 spiro atoms. The van der Waals surface area contributed by atoms with E-state index in [4.69, 9.17) is 4.42 Å².